The second kappa shape index (κ2) is 4.51. The number of rotatable bonds is 1. The van der Waals surface area contributed by atoms with Gasteiger partial charge in [-0.15, -0.1) is 0 Å². The quantitative estimate of drug-likeness (QED) is 0.808. The predicted octanol–water partition coefficient (Wildman–Crippen LogP) is 1.28. The third-order valence-corrected chi connectivity index (χ3v) is 3.30. The van der Waals surface area contributed by atoms with Crippen LogP contribution < -0.4 is 4.90 Å². The Bertz CT molecular complexity index is 621. The number of carbonyl (C=O) groups is 1. The topological polar surface area (TPSA) is 69.2 Å². The molecule has 1 aromatic carbocycles. The summed E-state index contributed by atoms with van der Waals surface area (Å²) in [4.78, 5) is 14.1. The molecule has 2 heterocycles. The summed E-state index contributed by atoms with van der Waals surface area (Å²) >= 11 is 0. The highest BCUT2D eigenvalue weighted by Gasteiger charge is 2.28. The van der Waals surface area contributed by atoms with Crippen molar-refractivity contribution in [3.05, 3.63) is 47.3 Å². The summed E-state index contributed by atoms with van der Waals surface area (Å²) in [7, 11) is 0. The number of aromatic nitrogens is 2. The standard InChI is InChI=1S/C14H15N3O2/c1-9-6-12(16-15-9)14(19)17-8-11(18)7-10-4-2-3-5-13(10)17/h2-6,11,18H,7-8H2,1H3,(H,15,16). The number of nitrogens with one attached hydrogen (secondary N) is 1. The fraction of sp³-hybridized carbons (Fsp3) is 0.286. The Morgan fingerprint density at radius 1 is 1.47 bits per heavy atom. The minimum atomic E-state index is -0.529. The fourth-order valence-corrected chi connectivity index (χ4v) is 2.43. The Hall–Kier alpha value is -2.14. The number of anilines is 1. The van der Waals surface area contributed by atoms with Crippen molar-refractivity contribution in [2.75, 3.05) is 11.4 Å². The summed E-state index contributed by atoms with van der Waals surface area (Å²) in [5.74, 6) is -0.185. The molecule has 19 heavy (non-hydrogen) atoms. The van der Waals surface area contributed by atoms with Crippen molar-refractivity contribution in [3.63, 3.8) is 0 Å². The number of β-amino-alcohol motifs (C(OH)–C–C–N with tert-alkyl or cyclic N) is 1. The summed E-state index contributed by atoms with van der Waals surface area (Å²) in [5, 5.41) is 16.7. The highest BCUT2D eigenvalue weighted by atomic mass is 16.3. The molecule has 3 rings (SSSR count). The van der Waals surface area contributed by atoms with Crippen molar-refractivity contribution in [2.45, 2.75) is 19.4 Å². The molecular weight excluding hydrogens is 242 g/mol. The van der Waals surface area contributed by atoms with Gasteiger partial charge in [0.15, 0.2) is 5.69 Å². The molecule has 1 atom stereocenters. The average Bonchev–Trinajstić information content (AvgIpc) is 2.83. The van der Waals surface area contributed by atoms with Crippen LogP contribution in [0.1, 0.15) is 21.7 Å². The molecule has 2 aromatic rings. The molecule has 0 bridgehead atoms. The molecule has 1 aliphatic rings. The molecule has 1 unspecified atom stereocenters. The van der Waals surface area contributed by atoms with Gasteiger partial charge in [0.05, 0.1) is 12.6 Å². The molecule has 1 aromatic heterocycles. The van der Waals surface area contributed by atoms with Crippen LogP contribution in [0.4, 0.5) is 5.69 Å². The molecule has 0 spiro atoms. The van der Waals surface area contributed by atoms with E-state index in [0.29, 0.717) is 18.7 Å². The second-order valence-corrected chi connectivity index (χ2v) is 4.84. The number of aryl methyl sites for hydroxylation is 1. The van der Waals surface area contributed by atoms with Gasteiger partial charge in [-0.25, -0.2) is 0 Å². The van der Waals surface area contributed by atoms with Crippen LogP contribution in [-0.4, -0.2) is 33.9 Å². The highest BCUT2D eigenvalue weighted by molar-refractivity contribution is 6.05. The smallest absolute Gasteiger partial charge is 0.278 e. The van der Waals surface area contributed by atoms with Crippen LogP contribution in [0.3, 0.4) is 0 Å². The van der Waals surface area contributed by atoms with Crippen molar-refractivity contribution in [1.82, 2.24) is 10.2 Å². The van der Waals surface area contributed by atoms with E-state index in [4.69, 9.17) is 0 Å². The number of hydrogen-bond acceptors (Lipinski definition) is 3. The maximum atomic E-state index is 12.5. The number of aromatic amines is 1. The lowest BCUT2D eigenvalue weighted by atomic mass is 9.99. The zero-order chi connectivity index (χ0) is 13.4. The Labute approximate surface area is 110 Å². The molecule has 1 aliphatic heterocycles. The molecule has 1 amide bonds. The van der Waals surface area contributed by atoms with Gasteiger partial charge in [0.2, 0.25) is 0 Å². The SMILES string of the molecule is Cc1cc(C(=O)N2CC(O)Cc3ccccc32)n[nH]1. The lowest BCUT2D eigenvalue weighted by Crippen LogP contribution is -2.42. The number of aliphatic hydroxyl groups excluding tert-OH is 1. The Morgan fingerprint density at radius 2 is 2.26 bits per heavy atom. The van der Waals surface area contributed by atoms with Gasteiger partial charge >= 0.3 is 0 Å². The average molecular weight is 257 g/mol. The van der Waals surface area contributed by atoms with Gasteiger partial charge in [0.25, 0.3) is 5.91 Å². The minimum absolute atomic E-state index is 0.185. The zero-order valence-electron chi connectivity index (χ0n) is 10.6. The van der Waals surface area contributed by atoms with E-state index in [0.717, 1.165) is 16.9 Å². The van der Waals surface area contributed by atoms with Crippen LogP contribution >= 0.6 is 0 Å². The number of aliphatic hydroxyl groups is 1. The summed E-state index contributed by atoms with van der Waals surface area (Å²) in [6.45, 7) is 2.16. The number of carbonyl (C=O) groups excluding carboxylic acids is 1. The first-order valence-corrected chi connectivity index (χ1v) is 6.25. The van der Waals surface area contributed by atoms with Crippen molar-refractivity contribution >= 4 is 11.6 Å². The highest BCUT2D eigenvalue weighted by Crippen LogP contribution is 2.28. The van der Waals surface area contributed by atoms with Crippen LogP contribution in [0.2, 0.25) is 0 Å². The molecule has 0 saturated carbocycles. The number of fused-ring (bicyclic) bond motifs is 1. The molecular formula is C14H15N3O2. The molecule has 98 valence electrons. The summed E-state index contributed by atoms with van der Waals surface area (Å²) < 4.78 is 0. The fourth-order valence-electron chi connectivity index (χ4n) is 2.43. The Balaban J connectivity index is 1.99. The zero-order valence-corrected chi connectivity index (χ0v) is 10.6. The monoisotopic (exact) mass is 257 g/mol. The predicted molar refractivity (Wildman–Crippen MR) is 71.2 cm³/mol. The van der Waals surface area contributed by atoms with Crippen LogP contribution in [0, 0.1) is 6.92 Å². The maximum absolute atomic E-state index is 12.5. The Morgan fingerprint density at radius 3 is 3.00 bits per heavy atom. The van der Waals surface area contributed by atoms with E-state index in [2.05, 4.69) is 10.2 Å². The van der Waals surface area contributed by atoms with Crippen molar-refractivity contribution < 1.29 is 9.90 Å². The third-order valence-electron chi connectivity index (χ3n) is 3.30. The van der Waals surface area contributed by atoms with Crippen LogP contribution in [0.5, 0.6) is 0 Å². The molecule has 2 N–H and O–H groups in total. The second-order valence-electron chi connectivity index (χ2n) is 4.84. The minimum Gasteiger partial charge on any atom is -0.391 e. The molecule has 0 radical (unpaired) electrons. The van der Waals surface area contributed by atoms with Gasteiger partial charge < -0.3 is 10.0 Å². The summed E-state index contributed by atoms with van der Waals surface area (Å²) in [5.41, 5.74) is 3.07. The lowest BCUT2D eigenvalue weighted by Gasteiger charge is -2.31. The first-order valence-electron chi connectivity index (χ1n) is 6.25. The van der Waals surface area contributed by atoms with Crippen LogP contribution in [0.25, 0.3) is 0 Å². The molecule has 0 saturated heterocycles. The largest absolute Gasteiger partial charge is 0.391 e. The van der Waals surface area contributed by atoms with Crippen molar-refractivity contribution in [3.8, 4) is 0 Å². The van der Waals surface area contributed by atoms with Gasteiger partial charge in [-0.3, -0.25) is 9.89 Å². The molecule has 0 aliphatic carbocycles. The molecule has 5 nitrogen and oxygen atoms in total. The van der Waals surface area contributed by atoms with Gasteiger partial charge in [-0.2, -0.15) is 5.10 Å². The number of para-hydroxylation sites is 1. The normalized spacial score (nSPS) is 18.2. The number of benzene rings is 1. The molecule has 5 heteroatoms. The van der Waals surface area contributed by atoms with Crippen molar-refractivity contribution in [2.24, 2.45) is 0 Å². The van der Waals surface area contributed by atoms with E-state index in [1.54, 1.807) is 11.0 Å². The van der Waals surface area contributed by atoms with Gasteiger partial charge in [0, 0.05) is 17.8 Å². The Kier molecular flexibility index (Phi) is 2.83. The van der Waals surface area contributed by atoms with E-state index in [-0.39, 0.29) is 5.91 Å². The van der Waals surface area contributed by atoms with E-state index in [9.17, 15) is 9.90 Å². The summed E-state index contributed by atoms with van der Waals surface area (Å²) in [6.07, 6.45) is 0.0541. The lowest BCUT2D eigenvalue weighted by molar-refractivity contribution is 0.0950. The van der Waals surface area contributed by atoms with Gasteiger partial charge in [-0.1, -0.05) is 18.2 Å². The van der Waals surface area contributed by atoms with E-state index in [1.807, 2.05) is 31.2 Å². The van der Waals surface area contributed by atoms with E-state index in [1.165, 1.54) is 0 Å². The van der Waals surface area contributed by atoms with Gasteiger partial charge in [0.1, 0.15) is 0 Å². The van der Waals surface area contributed by atoms with Crippen LogP contribution in [0.15, 0.2) is 30.3 Å². The maximum Gasteiger partial charge on any atom is 0.278 e. The number of hydrogen-bond donors (Lipinski definition) is 2. The number of amides is 1. The van der Waals surface area contributed by atoms with E-state index < -0.39 is 6.10 Å². The molecule has 0 fully saturated rings. The number of H-pyrrole nitrogens is 1. The third kappa shape index (κ3) is 2.13. The van der Waals surface area contributed by atoms with Crippen LogP contribution in [-0.2, 0) is 6.42 Å². The first-order chi connectivity index (χ1) is 9.15. The number of nitrogens with zero attached hydrogens (tertiary/aromatic N) is 2. The van der Waals surface area contributed by atoms with Gasteiger partial charge in [-0.05, 0) is 24.6 Å². The van der Waals surface area contributed by atoms with E-state index >= 15 is 0 Å². The summed E-state index contributed by atoms with van der Waals surface area (Å²) in [6, 6.07) is 9.36. The van der Waals surface area contributed by atoms with Crippen molar-refractivity contribution in [1.29, 1.82) is 0 Å². The first kappa shape index (κ1) is 11.9.